The van der Waals surface area contributed by atoms with E-state index in [0.717, 1.165) is 0 Å². The third-order valence-electron chi connectivity index (χ3n) is 4.82. The average molecular weight is 351 g/mol. The van der Waals surface area contributed by atoms with E-state index in [9.17, 15) is 9.18 Å². The number of anilines is 1. The number of pyridine rings is 1. The lowest BCUT2D eigenvalue weighted by molar-refractivity contribution is 0.0787. The van der Waals surface area contributed by atoms with Gasteiger partial charge in [-0.3, -0.25) is 4.79 Å². The van der Waals surface area contributed by atoms with Crippen molar-refractivity contribution in [3.05, 3.63) is 53.5 Å². The van der Waals surface area contributed by atoms with Crippen molar-refractivity contribution in [2.24, 2.45) is 0 Å². The molecule has 1 aromatic heterocycles. The summed E-state index contributed by atoms with van der Waals surface area (Å²) in [6.07, 6.45) is 0. The molecule has 4 rings (SSSR count). The lowest BCUT2D eigenvalue weighted by Gasteiger charge is -2.12. The molecule has 3 aromatic rings. The Hall–Kier alpha value is -3.15. The van der Waals surface area contributed by atoms with Gasteiger partial charge in [-0.1, -0.05) is 18.2 Å². The SMILES string of the molecule is CCN1Cc2nc3c(-c4ccc(OC)cc4F)cccc3c(N)c2C1=O. The van der Waals surface area contributed by atoms with Gasteiger partial charge in [-0.05, 0) is 19.1 Å². The van der Waals surface area contributed by atoms with Crippen molar-refractivity contribution in [2.75, 3.05) is 19.4 Å². The number of carbonyl (C=O) groups is 1. The number of fused-ring (bicyclic) bond motifs is 2. The summed E-state index contributed by atoms with van der Waals surface area (Å²) in [5, 5.41) is 0.655. The smallest absolute Gasteiger partial charge is 0.258 e. The Morgan fingerprint density at radius 2 is 2.08 bits per heavy atom. The molecule has 0 saturated heterocycles. The second-order valence-electron chi connectivity index (χ2n) is 6.21. The van der Waals surface area contributed by atoms with Gasteiger partial charge in [0.2, 0.25) is 0 Å². The average Bonchev–Trinajstić information content (AvgIpc) is 2.97. The van der Waals surface area contributed by atoms with Crippen LogP contribution >= 0.6 is 0 Å². The minimum absolute atomic E-state index is 0.101. The summed E-state index contributed by atoms with van der Waals surface area (Å²) in [6, 6.07) is 10.1. The van der Waals surface area contributed by atoms with Crippen molar-refractivity contribution in [2.45, 2.75) is 13.5 Å². The van der Waals surface area contributed by atoms with Crippen LogP contribution in [-0.2, 0) is 6.54 Å². The number of para-hydroxylation sites is 1. The fraction of sp³-hybridized carbons (Fsp3) is 0.200. The second kappa shape index (κ2) is 5.98. The molecule has 2 heterocycles. The van der Waals surface area contributed by atoms with Crippen LogP contribution in [0.3, 0.4) is 0 Å². The normalized spacial score (nSPS) is 13.3. The van der Waals surface area contributed by atoms with Gasteiger partial charge in [-0.25, -0.2) is 9.37 Å². The first-order valence-corrected chi connectivity index (χ1v) is 8.39. The number of rotatable bonds is 3. The molecule has 0 aliphatic carbocycles. The molecule has 1 aliphatic heterocycles. The highest BCUT2D eigenvalue weighted by Crippen LogP contribution is 2.37. The first-order chi connectivity index (χ1) is 12.5. The van der Waals surface area contributed by atoms with Crippen LogP contribution in [0.15, 0.2) is 36.4 Å². The summed E-state index contributed by atoms with van der Waals surface area (Å²) in [5.41, 5.74) is 9.47. The molecular formula is C20H18FN3O2. The van der Waals surface area contributed by atoms with Crippen molar-refractivity contribution >= 4 is 22.5 Å². The number of benzene rings is 2. The van der Waals surface area contributed by atoms with E-state index < -0.39 is 5.82 Å². The van der Waals surface area contributed by atoms with Crippen molar-refractivity contribution in [1.82, 2.24) is 9.88 Å². The molecule has 0 unspecified atom stereocenters. The summed E-state index contributed by atoms with van der Waals surface area (Å²) >= 11 is 0. The van der Waals surface area contributed by atoms with Gasteiger partial charge in [-0.2, -0.15) is 0 Å². The summed E-state index contributed by atoms with van der Waals surface area (Å²) in [7, 11) is 1.49. The van der Waals surface area contributed by atoms with Crippen LogP contribution in [0.5, 0.6) is 5.75 Å². The van der Waals surface area contributed by atoms with Gasteiger partial charge in [0.05, 0.1) is 36.1 Å². The molecule has 0 saturated carbocycles. The number of carbonyl (C=O) groups excluding carboxylic acids is 1. The van der Waals surface area contributed by atoms with Crippen LogP contribution < -0.4 is 10.5 Å². The fourth-order valence-electron chi connectivity index (χ4n) is 3.44. The number of ether oxygens (including phenoxy) is 1. The van der Waals surface area contributed by atoms with E-state index in [0.29, 0.717) is 57.8 Å². The van der Waals surface area contributed by atoms with E-state index >= 15 is 0 Å². The minimum Gasteiger partial charge on any atom is -0.497 e. The zero-order valence-corrected chi connectivity index (χ0v) is 14.5. The Bertz CT molecular complexity index is 1050. The fourth-order valence-corrected chi connectivity index (χ4v) is 3.44. The number of nitrogens with zero attached hydrogens (tertiary/aromatic N) is 2. The second-order valence-corrected chi connectivity index (χ2v) is 6.21. The molecule has 5 nitrogen and oxygen atoms in total. The summed E-state index contributed by atoms with van der Waals surface area (Å²) in [6.45, 7) is 2.92. The third kappa shape index (κ3) is 2.29. The van der Waals surface area contributed by atoms with Gasteiger partial charge < -0.3 is 15.4 Å². The molecule has 1 amide bonds. The molecule has 2 aromatic carbocycles. The van der Waals surface area contributed by atoms with E-state index in [1.54, 1.807) is 29.2 Å². The van der Waals surface area contributed by atoms with Crippen LogP contribution in [0, 0.1) is 5.82 Å². The third-order valence-corrected chi connectivity index (χ3v) is 4.82. The molecule has 1 aliphatic rings. The predicted octanol–water partition coefficient (Wildman–Crippen LogP) is 3.61. The molecule has 0 bridgehead atoms. The highest BCUT2D eigenvalue weighted by atomic mass is 19.1. The van der Waals surface area contributed by atoms with Gasteiger partial charge in [-0.15, -0.1) is 0 Å². The minimum atomic E-state index is -0.399. The number of amides is 1. The van der Waals surface area contributed by atoms with E-state index in [-0.39, 0.29) is 5.91 Å². The Morgan fingerprint density at radius 1 is 1.27 bits per heavy atom. The standard InChI is InChI=1S/C20H18FN3O2/c1-3-24-10-16-17(20(24)25)18(22)14-6-4-5-13(19(14)23-16)12-8-7-11(26-2)9-15(12)21/h4-9H,3,10H2,1-2H3,(H2,22,23). The van der Waals surface area contributed by atoms with Crippen molar-refractivity contribution in [1.29, 1.82) is 0 Å². The summed E-state index contributed by atoms with van der Waals surface area (Å²) < 4.78 is 19.7. The quantitative estimate of drug-likeness (QED) is 0.783. The van der Waals surface area contributed by atoms with Crippen LogP contribution in [0.2, 0.25) is 0 Å². The van der Waals surface area contributed by atoms with Crippen LogP contribution in [0.25, 0.3) is 22.0 Å². The van der Waals surface area contributed by atoms with Crippen LogP contribution in [0.1, 0.15) is 23.0 Å². The van der Waals surface area contributed by atoms with Crippen molar-refractivity contribution in [3.63, 3.8) is 0 Å². The van der Waals surface area contributed by atoms with E-state index in [2.05, 4.69) is 4.98 Å². The van der Waals surface area contributed by atoms with E-state index in [4.69, 9.17) is 10.5 Å². The number of nitrogens with two attached hydrogens (primary N) is 1. The highest BCUT2D eigenvalue weighted by molar-refractivity contribution is 6.11. The number of methoxy groups -OCH3 is 1. The van der Waals surface area contributed by atoms with E-state index in [1.165, 1.54) is 13.2 Å². The van der Waals surface area contributed by atoms with E-state index in [1.807, 2.05) is 13.0 Å². The lowest BCUT2D eigenvalue weighted by Crippen LogP contribution is -2.23. The molecule has 6 heteroatoms. The Morgan fingerprint density at radius 3 is 2.77 bits per heavy atom. The maximum Gasteiger partial charge on any atom is 0.258 e. The monoisotopic (exact) mass is 351 g/mol. The lowest BCUT2D eigenvalue weighted by atomic mass is 9.98. The Labute approximate surface area is 150 Å². The van der Waals surface area contributed by atoms with Crippen LogP contribution in [-0.4, -0.2) is 29.4 Å². The number of halogens is 1. The molecule has 26 heavy (non-hydrogen) atoms. The Balaban J connectivity index is 1.97. The van der Waals surface area contributed by atoms with Gasteiger partial charge in [0.15, 0.2) is 0 Å². The van der Waals surface area contributed by atoms with Crippen molar-refractivity contribution in [3.8, 4) is 16.9 Å². The molecule has 0 radical (unpaired) electrons. The van der Waals surface area contributed by atoms with Crippen LogP contribution in [0.4, 0.5) is 10.1 Å². The number of aromatic nitrogens is 1. The first kappa shape index (κ1) is 16.3. The molecular weight excluding hydrogens is 333 g/mol. The van der Waals surface area contributed by atoms with Crippen molar-refractivity contribution < 1.29 is 13.9 Å². The zero-order valence-electron chi connectivity index (χ0n) is 14.5. The maximum atomic E-state index is 14.6. The summed E-state index contributed by atoms with van der Waals surface area (Å²) in [5.74, 6) is -0.0524. The molecule has 0 spiro atoms. The van der Waals surface area contributed by atoms with Gasteiger partial charge in [0.1, 0.15) is 11.6 Å². The maximum absolute atomic E-state index is 14.6. The predicted molar refractivity (Wildman–Crippen MR) is 98.5 cm³/mol. The first-order valence-electron chi connectivity index (χ1n) is 8.39. The Kier molecular flexibility index (Phi) is 3.76. The molecule has 0 fully saturated rings. The van der Waals surface area contributed by atoms with Gasteiger partial charge in [0, 0.05) is 29.1 Å². The summed E-state index contributed by atoms with van der Waals surface area (Å²) in [4.78, 5) is 18.9. The van der Waals surface area contributed by atoms with Gasteiger partial charge >= 0.3 is 0 Å². The number of hydrogen-bond acceptors (Lipinski definition) is 4. The number of nitrogen functional groups attached to an aromatic ring is 1. The molecule has 132 valence electrons. The van der Waals surface area contributed by atoms with Gasteiger partial charge in [0.25, 0.3) is 5.91 Å². The molecule has 0 atom stereocenters. The number of hydrogen-bond donors (Lipinski definition) is 1. The molecule has 2 N–H and O–H groups in total. The zero-order chi connectivity index (χ0) is 18.4. The topological polar surface area (TPSA) is 68.5 Å². The largest absolute Gasteiger partial charge is 0.497 e. The highest BCUT2D eigenvalue weighted by Gasteiger charge is 2.31.